The highest BCUT2D eigenvalue weighted by molar-refractivity contribution is 5.89. The highest BCUT2D eigenvalue weighted by atomic mass is 16.2. The number of benzene rings is 1. The molecular formula is C16H18N6O. The zero-order valence-corrected chi connectivity index (χ0v) is 12.9. The van der Waals surface area contributed by atoms with E-state index in [9.17, 15) is 4.79 Å². The van der Waals surface area contributed by atoms with E-state index in [1.807, 2.05) is 37.4 Å². The van der Waals surface area contributed by atoms with Crippen LogP contribution in [-0.2, 0) is 6.42 Å². The van der Waals surface area contributed by atoms with Gasteiger partial charge in [-0.2, -0.15) is 10.1 Å². The molecule has 0 saturated carbocycles. The van der Waals surface area contributed by atoms with E-state index in [1.54, 1.807) is 10.7 Å². The van der Waals surface area contributed by atoms with Crippen LogP contribution in [0.4, 0.5) is 10.5 Å². The molecular weight excluding hydrogens is 292 g/mol. The maximum atomic E-state index is 11.8. The van der Waals surface area contributed by atoms with Crippen LogP contribution in [0.15, 0.2) is 43.0 Å². The Morgan fingerprint density at radius 3 is 2.87 bits per heavy atom. The van der Waals surface area contributed by atoms with Crippen molar-refractivity contribution in [1.29, 1.82) is 0 Å². The summed E-state index contributed by atoms with van der Waals surface area (Å²) < 4.78 is 1.65. The number of amides is 2. The quantitative estimate of drug-likeness (QED) is 0.708. The molecule has 7 nitrogen and oxygen atoms in total. The van der Waals surface area contributed by atoms with Crippen LogP contribution in [0.5, 0.6) is 0 Å². The maximum Gasteiger partial charge on any atom is 0.319 e. The molecule has 0 radical (unpaired) electrons. The molecule has 3 rings (SSSR count). The van der Waals surface area contributed by atoms with Crippen molar-refractivity contribution in [3.8, 4) is 0 Å². The largest absolute Gasteiger partial charge is 0.338 e. The smallest absolute Gasteiger partial charge is 0.319 e. The lowest BCUT2D eigenvalue weighted by Crippen LogP contribution is -2.29. The Labute approximate surface area is 133 Å². The second-order valence-electron chi connectivity index (χ2n) is 5.32. The first-order valence-corrected chi connectivity index (χ1v) is 7.46. The van der Waals surface area contributed by atoms with Gasteiger partial charge in [0.2, 0.25) is 0 Å². The lowest BCUT2D eigenvalue weighted by molar-refractivity contribution is 0.252. The molecule has 0 aliphatic carbocycles. The van der Waals surface area contributed by atoms with E-state index in [0.717, 1.165) is 29.7 Å². The van der Waals surface area contributed by atoms with Crippen molar-refractivity contribution in [3.63, 3.8) is 0 Å². The lowest BCUT2D eigenvalue weighted by atomic mass is 10.2. The van der Waals surface area contributed by atoms with E-state index in [2.05, 4.69) is 25.7 Å². The molecule has 2 aromatic heterocycles. The summed E-state index contributed by atoms with van der Waals surface area (Å²) in [6.45, 7) is 2.60. The Morgan fingerprint density at radius 1 is 1.22 bits per heavy atom. The van der Waals surface area contributed by atoms with Crippen molar-refractivity contribution >= 4 is 17.5 Å². The zero-order chi connectivity index (χ0) is 16.1. The van der Waals surface area contributed by atoms with Crippen molar-refractivity contribution < 1.29 is 4.79 Å². The number of hydrogen-bond acceptors (Lipinski definition) is 4. The SMILES string of the molecule is Cc1ccc(NC(=O)NCCCc2cnc3ncnn3c2)cc1. The number of nitrogens with one attached hydrogen (secondary N) is 2. The van der Waals surface area contributed by atoms with E-state index in [-0.39, 0.29) is 6.03 Å². The second kappa shape index (κ2) is 6.87. The van der Waals surface area contributed by atoms with Gasteiger partial charge >= 0.3 is 6.03 Å². The minimum Gasteiger partial charge on any atom is -0.338 e. The van der Waals surface area contributed by atoms with Gasteiger partial charge < -0.3 is 10.6 Å². The normalized spacial score (nSPS) is 10.7. The third-order valence-corrected chi connectivity index (χ3v) is 3.43. The molecule has 0 saturated heterocycles. The number of aryl methyl sites for hydroxylation is 2. The summed E-state index contributed by atoms with van der Waals surface area (Å²) >= 11 is 0. The first-order chi connectivity index (χ1) is 11.2. The number of rotatable bonds is 5. The standard InChI is InChI=1S/C16H18N6O/c1-12-4-6-14(7-5-12)21-16(23)17-8-2-3-13-9-18-15-19-11-20-22(15)10-13/h4-7,9-11H,2-3,8H2,1H3,(H2,17,21,23). The fourth-order valence-corrected chi connectivity index (χ4v) is 2.19. The lowest BCUT2D eigenvalue weighted by Gasteiger charge is -2.08. The molecule has 0 fully saturated rings. The predicted molar refractivity (Wildman–Crippen MR) is 87.3 cm³/mol. The number of hydrogen-bond donors (Lipinski definition) is 2. The molecule has 1 aromatic carbocycles. The van der Waals surface area contributed by atoms with Gasteiger partial charge in [0.1, 0.15) is 6.33 Å². The van der Waals surface area contributed by atoms with E-state index in [0.29, 0.717) is 12.3 Å². The second-order valence-corrected chi connectivity index (χ2v) is 5.32. The van der Waals surface area contributed by atoms with Gasteiger partial charge in [0.15, 0.2) is 0 Å². The van der Waals surface area contributed by atoms with E-state index in [4.69, 9.17) is 0 Å². The molecule has 0 atom stereocenters. The van der Waals surface area contributed by atoms with Gasteiger partial charge in [-0.1, -0.05) is 17.7 Å². The number of anilines is 1. The van der Waals surface area contributed by atoms with E-state index >= 15 is 0 Å². The summed E-state index contributed by atoms with van der Waals surface area (Å²) in [5, 5.41) is 9.70. The topological polar surface area (TPSA) is 84.2 Å². The third kappa shape index (κ3) is 4.03. The van der Waals surface area contributed by atoms with Gasteiger partial charge in [-0.3, -0.25) is 0 Å². The fraction of sp³-hybridized carbons (Fsp3) is 0.250. The summed E-state index contributed by atoms with van der Waals surface area (Å²) in [5.41, 5.74) is 3.01. The molecule has 2 amide bonds. The highest BCUT2D eigenvalue weighted by Gasteiger charge is 2.02. The van der Waals surface area contributed by atoms with Gasteiger partial charge in [0, 0.05) is 24.6 Å². The number of fused-ring (bicyclic) bond motifs is 1. The Balaban J connectivity index is 1.42. The molecule has 0 aliphatic heterocycles. The summed E-state index contributed by atoms with van der Waals surface area (Å²) in [4.78, 5) is 20.0. The Kier molecular flexibility index (Phi) is 4.46. The summed E-state index contributed by atoms with van der Waals surface area (Å²) in [6.07, 6.45) is 6.80. The van der Waals surface area contributed by atoms with Gasteiger partial charge in [0.25, 0.3) is 5.78 Å². The maximum absolute atomic E-state index is 11.8. The summed E-state index contributed by atoms with van der Waals surface area (Å²) in [5.74, 6) is 0.587. The molecule has 118 valence electrons. The van der Waals surface area contributed by atoms with Crippen molar-refractivity contribution in [3.05, 3.63) is 54.1 Å². The van der Waals surface area contributed by atoms with Crippen molar-refractivity contribution in [1.82, 2.24) is 24.9 Å². The number of carbonyl (C=O) groups is 1. The third-order valence-electron chi connectivity index (χ3n) is 3.43. The Bertz CT molecular complexity index is 796. The van der Waals surface area contributed by atoms with Crippen LogP contribution in [0.1, 0.15) is 17.5 Å². The monoisotopic (exact) mass is 310 g/mol. The first kappa shape index (κ1) is 15.0. The van der Waals surface area contributed by atoms with Crippen LogP contribution in [-0.4, -0.2) is 32.2 Å². The molecule has 0 unspecified atom stereocenters. The number of nitrogens with zero attached hydrogens (tertiary/aromatic N) is 4. The summed E-state index contributed by atoms with van der Waals surface area (Å²) in [6, 6.07) is 7.49. The molecule has 0 aliphatic rings. The van der Waals surface area contributed by atoms with E-state index < -0.39 is 0 Å². The van der Waals surface area contributed by atoms with Crippen LogP contribution < -0.4 is 10.6 Å². The molecule has 2 N–H and O–H groups in total. The van der Waals surface area contributed by atoms with Crippen LogP contribution in [0.2, 0.25) is 0 Å². The first-order valence-electron chi connectivity index (χ1n) is 7.46. The van der Waals surface area contributed by atoms with Crippen LogP contribution in [0.25, 0.3) is 5.78 Å². The van der Waals surface area contributed by atoms with Gasteiger partial charge in [0.05, 0.1) is 0 Å². The molecule has 23 heavy (non-hydrogen) atoms. The van der Waals surface area contributed by atoms with E-state index in [1.165, 1.54) is 6.33 Å². The summed E-state index contributed by atoms with van der Waals surface area (Å²) in [7, 11) is 0. The number of urea groups is 1. The average molecular weight is 310 g/mol. The fourth-order valence-electron chi connectivity index (χ4n) is 2.19. The van der Waals surface area contributed by atoms with Gasteiger partial charge in [-0.15, -0.1) is 0 Å². The molecule has 0 bridgehead atoms. The van der Waals surface area contributed by atoms with Gasteiger partial charge in [-0.25, -0.2) is 14.3 Å². The zero-order valence-electron chi connectivity index (χ0n) is 12.9. The molecule has 0 spiro atoms. The number of carbonyl (C=O) groups excluding carboxylic acids is 1. The Morgan fingerprint density at radius 2 is 2.04 bits per heavy atom. The van der Waals surface area contributed by atoms with Gasteiger partial charge in [-0.05, 0) is 37.5 Å². The average Bonchev–Trinajstić information content (AvgIpc) is 3.01. The molecule has 3 aromatic rings. The van der Waals surface area contributed by atoms with Crippen molar-refractivity contribution in [2.24, 2.45) is 0 Å². The van der Waals surface area contributed by atoms with Crippen LogP contribution in [0.3, 0.4) is 0 Å². The minimum absolute atomic E-state index is 0.196. The number of aromatic nitrogens is 4. The molecule has 2 heterocycles. The predicted octanol–water partition coefficient (Wildman–Crippen LogP) is 2.19. The van der Waals surface area contributed by atoms with Crippen molar-refractivity contribution in [2.45, 2.75) is 19.8 Å². The van der Waals surface area contributed by atoms with Crippen molar-refractivity contribution in [2.75, 3.05) is 11.9 Å². The molecule has 7 heteroatoms. The van der Waals surface area contributed by atoms with Crippen LogP contribution >= 0.6 is 0 Å². The van der Waals surface area contributed by atoms with Crippen LogP contribution in [0, 0.1) is 6.92 Å². The highest BCUT2D eigenvalue weighted by Crippen LogP contribution is 2.08. The minimum atomic E-state index is -0.196. The Hall–Kier alpha value is -2.96.